The van der Waals surface area contributed by atoms with E-state index in [0.29, 0.717) is 0 Å². The first-order valence-corrected chi connectivity index (χ1v) is 19.2. The quantitative estimate of drug-likeness (QED) is 0.179. The van der Waals surface area contributed by atoms with Crippen molar-refractivity contribution in [3.63, 3.8) is 0 Å². The monoisotopic (exact) mass is 692 g/mol. The van der Waals surface area contributed by atoms with Crippen LogP contribution in [0.1, 0.15) is 23.6 Å². The summed E-state index contributed by atoms with van der Waals surface area (Å²) in [7, 11) is 0. The Morgan fingerprint density at radius 1 is 0.434 bits per heavy atom. The fraction of sp³-hybridized carbons (Fsp3) is 0.0400. The molecule has 2 nitrogen and oxygen atoms in total. The van der Waals surface area contributed by atoms with Gasteiger partial charge in [-0.25, -0.2) is 0 Å². The smallest absolute Gasteiger partial charge is 0.0541 e. The lowest BCUT2D eigenvalue weighted by Crippen LogP contribution is -2.32. The third kappa shape index (κ3) is 3.87. The van der Waals surface area contributed by atoms with Gasteiger partial charge in [-0.2, -0.15) is 0 Å². The molecule has 0 N–H and O–H groups in total. The Balaban J connectivity index is 1.14. The van der Waals surface area contributed by atoms with Crippen molar-refractivity contribution in [2.24, 2.45) is 0 Å². The van der Waals surface area contributed by atoms with Crippen LogP contribution in [0.2, 0.25) is 0 Å². The Hall–Kier alpha value is -6.42. The molecule has 3 heteroatoms. The molecule has 0 amide bonds. The van der Waals surface area contributed by atoms with E-state index in [1.807, 2.05) is 11.3 Å². The van der Waals surface area contributed by atoms with Gasteiger partial charge in [0.05, 0.1) is 22.4 Å². The summed E-state index contributed by atoms with van der Waals surface area (Å²) in [5, 5.41) is 5.16. The van der Waals surface area contributed by atoms with Crippen LogP contribution in [0.3, 0.4) is 0 Å². The third-order valence-corrected chi connectivity index (χ3v) is 13.1. The summed E-state index contributed by atoms with van der Waals surface area (Å²) in [4.78, 5) is 2.54. The highest BCUT2D eigenvalue weighted by Crippen LogP contribution is 2.63. The summed E-state index contributed by atoms with van der Waals surface area (Å²) < 4.78 is 5.04. The summed E-state index contributed by atoms with van der Waals surface area (Å²) in [5.74, 6) is 0. The predicted octanol–water partition coefficient (Wildman–Crippen LogP) is 13.9. The Kier molecular flexibility index (Phi) is 5.82. The van der Waals surface area contributed by atoms with Crippen LogP contribution >= 0.6 is 11.3 Å². The van der Waals surface area contributed by atoms with E-state index >= 15 is 0 Å². The molecule has 0 saturated carbocycles. The first kappa shape index (κ1) is 29.2. The summed E-state index contributed by atoms with van der Waals surface area (Å²) in [6, 6.07) is 65.5. The molecule has 53 heavy (non-hydrogen) atoms. The van der Waals surface area contributed by atoms with E-state index in [2.05, 4.69) is 192 Å². The average molecular weight is 693 g/mol. The van der Waals surface area contributed by atoms with E-state index in [1.54, 1.807) is 0 Å². The van der Waals surface area contributed by atoms with Gasteiger partial charge in [-0.05, 0) is 119 Å². The number of fused-ring (bicyclic) bond motifs is 11. The maximum absolute atomic E-state index is 2.54. The van der Waals surface area contributed by atoms with Crippen LogP contribution in [-0.4, -0.2) is 4.57 Å². The minimum absolute atomic E-state index is 0.279. The van der Waals surface area contributed by atoms with Gasteiger partial charge >= 0.3 is 0 Å². The number of hydrogen-bond acceptors (Lipinski definition) is 2. The molecule has 1 aliphatic heterocycles. The number of anilines is 3. The van der Waals surface area contributed by atoms with Gasteiger partial charge in [-0.15, -0.1) is 11.3 Å². The fourth-order valence-electron chi connectivity index (χ4n) is 9.64. The van der Waals surface area contributed by atoms with Crippen LogP contribution in [0.4, 0.5) is 17.1 Å². The molecule has 8 aromatic carbocycles. The molecule has 1 atom stereocenters. The van der Waals surface area contributed by atoms with Crippen molar-refractivity contribution in [2.75, 3.05) is 4.90 Å². The average Bonchev–Trinajstić information content (AvgIpc) is 3.84. The second kappa shape index (κ2) is 10.6. The van der Waals surface area contributed by atoms with Crippen molar-refractivity contribution in [3.05, 3.63) is 193 Å². The molecule has 3 heterocycles. The van der Waals surface area contributed by atoms with Crippen molar-refractivity contribution < 1.29 is 0 Å². The van der Waals surface area contributed by atoms with Gasteiger partial charge < -0.3 is 9.47 Å². The summed E-state index contributed by atoms with van der Waals surface area (Å²) in [6.45, 7) is 2.44. The Morgan fingerprint density at radius 2 is 1.15 bits per heavy atom. The number of aromatic nitrogens is 1. The lowest BCUT2D eigenvalue weighted by atomic mass is 9.70. The first-order chi connectivity index (χ1) is 26.2. The number of benzene rings is 8. The van der Waals surface area contributed by atoms with E-state index in [-0.39, 0.29) is 5.41 Å². The lowest BCUT2D eigenvalue weighted by Gasteiger charge is -2.42. The highest BCUT2D eigenvalue weighted by atomic mass is 32.1. The Morgan fingerprint density at radius 3 is 2.06 bits per heavy atom. The maximum Gasteiger partial charge on any atom is 0.0541 e. The zero-order chi connectivity index (χ0) is 34.8. The van der Waals surface area contributed by atoms with Gasteiger partial charge in [0.2, 0.25) is 0 Å². The van der Waals surface area contributed by atoms with E-state index in [4.69, 9.17) is 0 Å². The molecule has 10 aromatic rings. The number of thiophene rings is 1. The molecule has 2 aromatic heterocycles. The first-order valence-electron chi connectivity index (χ1n) is 18.4. The van der Waals surface area contributed by atoms with Crippen LogP contribution < -0.4 is 4.90 Å². The van der Waals surface area contributed by atoms with Crippen LogP contribution in [-0.2, 0) is 5.41 Å². The van der Waals surface area contributed by atoms with Gasteiger partial charge in [-0.1, -0.05) is 103 Å². The second-order valence-corrected chi connectivity index (χ2v) is 15.7. The molecule has 0 fully saturated rings. The van der Waals surface area contributed by atoms with Crippen molar-refractivity contribution in [1.82, 2.24) is 4.57 Å². The predicted molar refractivity (Wildman–Crippen MR) is 225 cm³/mol. The van der Waals surface area contributed by atoms with E-state index in [0.717, 1.165) is 0 Å². The summed E-state index contributed by atoms with van der Waals surface area (Å²) >= 11 is 1.87. The molecule has 2 aliphatic rings. The van der Waals surface area contributed by atoms with Gasteiger partial charge in [0.1, 0.15) is 0 Å². The van der Waals surface area contributed by atoms with E-state index in [1.165, 1.54) is 104 Å². The van der Waals surface area contributed by atoms with E-state index < -0.39 is 0 Å². The topological polar surface area (TPSA) is 8.17 Å². The summed E-state index contributed by atoms with van der Waals surface area (Å²) in [6.07, 6.45) is 0. The number of rotatable bonds is 3. The maximum atomic E-state index is 2.54. The molecule has 0 spiro atoms. The van der Waals surface area contributed by atoms with Gasteiger partial charge in [-0.3, -0.25) is 0 Å². The van der Waals surface area contributed by atoms with Crippen molar-refractivity contribution in [1.29, 1.82) is 0 Å². The van der Waals surface area contributed by atoms with Crippen molar-refractivity contribution >= 4 is 70.4 Å². The molecule has 0 saturated heterocycles. The zero-order valence-electron chi connectivity index (χ0n) is 29.0. The molecule has 0 radical (unpaired) electrons. The molecule has 1 aliphatic carbocycles. The standard InChI is InChI=1S/C50H32N2S/c1-50-41-18-8-5-15-35(41)40-28-32(31-23-25-44-38(27-31)36-16-6-10-20-43(36)51(44)33-13-3-2-4-14-33)29-46(49(40)50)52(45-21-11-9-19-42(45)50)34-24-26-48-39(30-34)37-17-7-12-22-47(37)53-48/h2-30H,1H3. The number of nitrogens with zero attached hydrogens (tertiary/aromatic N) is 2. The fourth-order valence-corrected chi connectivity index (χ4v) is 10.7. The normalized spacial score (nSPS) is 15.7. The largest absolute Gasteiger partial charge is 0.310 e. The lowest BCUT2D eigenvalue weighted by molar-refractivity contribution is 0.702. The molecule has 0 bridgehead atoms. The van der Waals surface area contributed by atoms with Crippen LogP contribution in [0.5, 0.6) is 0 Å². The molecular formula is C50H32N2S. The minimum Gasteiger partial charge on any atom is -0.310 e. The van der Waals surface area contributed by atoms with Gasteiger partial charge in [0.15, 0.2) is 0 Å². The highest BCUT2D eigenvalue weighted by molar-refractivity contribution is 7.25. The minimum atomic E-state index is -0.279. The van der Waals surface area contributed by atoms with Crippen molar-refractivity contribution in [3.8, 4) is 27.9 Å². The highest BCUT2D eigenvalue weighted by Gasteiger charge is 2.48. The molecule has 1 unspecified atom stereocenters. The van der Waals surface area contributed by atoms with Crippen LogP contribution in [0, 0.1) is 0 Å². The van der Waals surface area contributed by atoms with Crippen molar-refractivity contribution in [2.45, 2.75) is 12.3 Å². The van der Waals surface area contributed by atoms with Gasteiger partial charge in [0.25, 0.3) is 0 Å². The number of hydrogen-bond donors (Lipinski definition) is 0. The Labute approximate surface area is 311 Å². The van der Waals surface area contributed by atoms with Crippen LogP contribution in [0.15, 0.2) is 176 Å². The number of para-hydroxylation sites is 3. The SMILES string of the molecule is CC12c3ccccc3-c3cc(-c4ccc5c(c4)c4ccccc4n5-c4ccccc4)cc(c31)N(c1ccc3sc4ccccc4c3c1)c1ccccc12. The third-order valence-electron chi connectivity index (χ3n) is 11.9. The Bertz CT molecular complexity index is 3150. The molecule has 12 rings (SSSR count). The van der Waals surface area contributed by atoms with E-state index in [9.17, 15) is 0 Å². The second-order valence-electron chi connectivity index (χ2n) is 14.6. The van der Waals surface area contributed by atoms with Gasteiger partial charge in [0, 0.05) is 47.7 Å². The van der Waals surface area contributed by atoms with Crippen LogP contribution in [0.25, 0.3) is 69.9 Å². The zero-order valence-corrected chi connectivity index (χ0v) is 29.9. The summed E-state index contributed by atoms with van der Waals surface area (Å²) in [5.41, 5.74) is 16.2. The molecular weight excluding hydrogens is 661 g/mol. The molecule has 248 valence electrons.